The van der Waals surface area contributed by atoms with Crippen molar-refractivity contribution in [2.75, 3.05) is 18.5 Å². The molecule has 1 aromatic rings. The quantitative estimate of drug-likeness (QED) is 0.682. The van der Waals surface area contributed by atoms with Gasteiger partial charge >= 0.3 is 0 Å². The predicted molar refractivity (Wildman–Crippen MR) is 80.7 cm³/mol. The zero-order chi connectivity index (χ0) is 14.2. The monoisotopic (exact) mass is 276 g/mol. The van der Waals surface area contributed by atoms with E-state index in [0.717, 1.165) is 31.3 Å². The molecular weight excluding hydrogens is 252 g/mol. The normalized spacial score (nSPS) is 14.2. The molecule has 110 valence electrons. The van der Waals surface area contributed by atoms with Crippen LogP contribution in [0.3, 0.4) is 0 Å². The fourth-order valence-corrected chi connectivity index (χ4v) is 1.89. The second-order valence-electron chi connectivity index (χ2n) is 5.26. The summed E-state index contributed by atoms with van der Waals surface area (Å²) in [5, 5.41) is 6.35. The minimum absolute atomic E-state index is 0.00459. The maximum atomic E-state index is 11.7. The molecule has 0 spiro atoms. The number of ether oxygens (including phenoxy) is 1. The lowest BCUT2D eigenvalue weighted by Gasteiger charge is -2.07. The molecule has 0 bridgehead atoms. The van der Waals surface area contributed by atoms with Crippen LogP contribution in [0.5, 0.6) is 0 Å². The Bertz CT molecular complexity index is 413. The Hall–Kier alpha value is -1.39. The van der Waals surface area contributed by atoms with Gasteiger partial charge in [-0.1, -0.05) is 19.1 Å². The molecule has 1 amide bonds. The summed E-state index contributed by atoms with van der Waals surface area (Å²) in [6.07, 6.45) is 3.99. The Kier molecular flexibility index (Phi) is 6.02. The Morgan fingerprint density at radius 3 is 2.65 bits per heavy atom. The Labute approximate surface area is 120 Å². The summed E-state index contributed by atoms with van der Waals surface area (Å²) in [5.74, 6) is 0.00459. The SMILES string of the molecule is CCCOCCC(=O)Nc1ccc(CNC2CC2)cc1. The number of hydrogen-bond acceptors (Lipinski definition) is 3. The third-order valence-corrected chi connectivity index (χ3v) is 3.23. The zero-order valence-corrected chi connectivity index (χ0v) is 12.2. The standard InChI is InChI=1S/C16H24N2O2/c1-2-10-20-11-9-16(19)18-15-5-3-13(4-6-15)12-17-14-7-8-14/h3-6,14,17H,2,7-12H2,1H3,(H,18,19). The van der Waals surface area contributed by atoms with Crippen LogP contribution in [-0.4, -0.2) is 25.2 Å². The molecule has 20 heavy (non-hydrogen) atoms. The van der Waals surface area contributed by atoms with Gasteiger partial charge in [0.05, 0.1) is 13.0 Å². The fraction of sp³-hybridized carbons (Fsp3) is 0.562. The molecule has 0 radical (unpaired) electrons. The molecule has 1 aliphatic carbocycles. The first-order chi connectivity index (χ1) is 9.78. The van der Waals surface area contributed by atoms with Crippen molar-refractivity contribution in [3.63, 3.8) is 0 Å². The van der Waals surface area contributed by atoms with E-state index in [4.69, 9.17) is 4.74 Å². The molecule has 1 aliphatic rings. The highest BCUT2D eigenvalue weighted by Gasteiger charge is 2.19. The number of anilines is 1. The molecule has 2 rings (SSSR count). The summed E-state index contributed by atoms with van der Waals surface area (Å²) in [4.78, 5) is 11.7. The van der Waals surface area contributed by atoms with E-state index in [1.54, 1.807) is 0 Å². The molecule has 1 fully saturated rings. The third-order valence-electron chi connectivity index (χ3n) is 3.23. The summed E-state index contributed by atoms with van der Waals surface area (Å²) in [6, 6.07) is 8.73. The smallest absolute Gasteiger partial charge is 0.226 e. The molecule has 0 aromatic heterocycles. The van der Waals surface area contributed by atoms with Crippen molar-refractivity contribution in [1.82, 2.24) is 5.32 Å². The molecule has 2 N–H and O–H groups in total. The summed E-state index contributed by atoms with van der Waals surface area (Å²) in [7, 11) is 0. The number of rotatable bonds is 9. The van der Waals surface area contributed by atoms with E-state index in [-0.39, 0.29) is 5.91 Å². The van der Waals surface area contributed by atoms with Crippen molar-refractivity contribution in [1.29, 1.82) is 0 Å². The highest BCUT2D eigenvalue weighted by Crippen LogP contribution is 2.19. The van der Waals surface area contributed by atoms with Gasteiger partial charge in [-0.2, -0.15) is 0 Å². The topological polar surface area (TPSA) is 50.4 Å². The van der Waals surface area contributed by atoms with E-state index in [1.165, 1.54) is 18.4 Å². The number of hydrogen-bond donors (Lipinski definition) is 2. The van der Waals surface area contributed by atoms with E-state index >= 15 is 0 Å². The lowest BCUT2D eigenvalue weighted by Crippen LogP contribution is -2.16. The Balaban J connectivity index is 1.67. The second-order valence-corrected chi connectivity index (χ2v) is 5.26. The van der Waals surface area contributed by atoms with Gasteiger partial charge < -0.3 is 15.4 Å². The number of benzene rings is 1. The predicted octanol–water partition coefficient (Wildman–Crippen LogP) is 2.69. The largest absolute Gasteiger partial charge is 0.381 e. The van der Waals surface area contributed by atoms with Gasteiger partial charge in [0.2, 0.25) is 5.91 Å². The molecule has 1 aromatic carbocycles. The fourth-order valence-electron chi connectivity index (χ4n) is 1.89. The first kappa shape index (κ1) is 15.0. The van der Waals surface area contributed by atoms with Crippen molar-refractivity contribution < 1.29 is 9.53 Å². The van der Waals surface area contributed by atoms with Gasteiger partial charge in [0.1, 0.15) is 0 Å². The molecule has 0 unspecified atom stereocenters. The lowest BCUT2D eigenvalue weighted by molar-refractivity contribution is -0.117. The molecule has 0 heterocycles. The van der Waals surface area contributed by atoms with Crippen LogP contribution in [0.15, 0.2) is 24.3 Å². The van der Waals surface area contributed by atoms with E-state index in [2.05, 4.69) is 29.7 Å². The number of carbonyl (C=O) groups is 1. The van der Waals surface area contributed by atoms with Gasteiger partial charge in [-0.25, -0.2) is 0 Å². The average molecular weight is 276 g/mol. The average Bonchev–Trinajstić information content (AvgIpc) is 3.27. The van der Waals surface area contributed by atoms with Crippen molar-refractivity contribution in [2.45, 2.75) is 45.2 Å². The van der Waals surface area contributed by atoms with Gasteiger partial charge in [-0.15, -0.1) is 0 Å². The summed E-state index contributed by atoms with van der Waals surface area (Å²) in [6.45, 7) is 4.17. The maximum absolute atomic E-state index is 11.7. The molecule has 0 aliphatic heterocycles. The number of amides is 1. The van der Waals surface area contributed by atoms with Crippen LogP contribution in [0.1, 0.15) is 38.2 Å². The minimum Gasteiger partial charge on any atom is -0.381 e. The summed E-state index contributed by atoms with van der Waals surface area (Å²) < 4.78 is 5.30. The van der Waals surface area contributed by atoms with Crippen LogP contribution < -0.4 is 10.6 Å². The Morgan fingerprint density at radius 1 is 1.25 bits per heavy atom. The number of nitrogens with one attached hydrogen (secondary N) is 2. The van der Waals surface area contributed by atoms with Gasteiger partial charge in [0, 0.05) is 24.9 Å². The third kappa shape index (κ3) is 5.72. The van der Waals surface area contributed by atoms with Crippen LogP contribution in [0.2, 0.25) is 0 Å². The van der Waals surface area contributed by atoms with Gasteiger partial charge in [0.25, 0.3) is 0 Å². The van der Waals surface area contributed by atoms with Gasteiger partial charge in [0.15, 0.2) is 0 Å². The molecule has 4 nitrogen and oxygen atoms in total. The van der Waals surface area contributed by atoms with Crippen molar-refractivity contribution in [3.05, 3.63) is 29.8 Å². The van der Waals surface area contributed by atoms with Crippen LogP contribution in [0.25, 0.3) is 0 Å². The molecule has 4 heteroatoms. The number of carbonyl (C=O) groups excluding carboxylic acids is 1. The Morgan fingerprint density at radius 2 is 2.00 bits per heavy atom. The maximum Gasteiger partial charge on any atom is 0.226 e. The lowest BCUT2D eigenvalue weighted by atomic mass is 10.2. The van der Waals surface area contributed by atoms with E-state index in [9.17, 15) is 4.79 Å². The molecule has 0 atom stereocenters. The second kappa shape index (κ2) is 8.02. The van der Waals surface area contributed by atoms with Crippen molar-refractivity contribution in [2.24, 2.45) is 0 Å². The first-order valence-corrected chi connectivity index (χ1v) is 7.48. The minimum atomic E-state index is 0.00459. The van der Waals surface area contributed by atoms with Crippen molar-refractivity contribution >= 4 is 11.6 Å². The van der Waals surface area contributed by atoms with E-state index < -0.39 is 0 Å². The van der Waals surface area contributed by atoms with Crippen LogP contribution in [-0.2, 0) is 16.1 Å². The van der Waals surface area contributed by atoms with E-state index in [0.29, 0.717) is 13.0 Å². The summed E-state index contributed by atoms with van der Waals surface area (Å²) in [5.41, 5.74) is 2.10. The summed E-state index contributed by atoms with van der Waals surface area (Å²) >= 11 is 0. The van der Waals surface area contributed by atoms with Gasteiger partial charge in [-0.3, -0.25) is 4.79 Å². The zero-order valence-electron chi connectivity index (χ0n) is 12.2. The highest BCUT2D eigenvalue weighted by molar-refractivity contribution is 5.90. The van der Waals surface area contributed by atoms with Crippen LogP contribution in [0.4, 0.5) is 5.69 Å². The van der Waals surface area contributed by atoms with Crippen LogP contribution in [0, 0.1) is 0 Å². The molecule has 1 saturated carbocycles. The van der Waals surface area contributed by atoms with Crippen molar-refractivity contribution in [3.8, 4) is 0 Å². The molecular formula is C16H24N2O2. The van der Waals surface area contributed by atoms with Gasteiger partial charge in [-0.05, 0) is 37.0 Å². The van der Waals surface area contributed by atoms with E-state index in [1.807, 2.05) is 12.1 Å². The first-order valence-electron chi connectivity index (χ1n) is 7.48. The van der Waals surface area contributed by atoms with Crippen LogP contribution >= 0.6 is 0 Å². The highest BCUT2D eigenvalue weighted by atomic mass is 16.5. The molecule has 0 saturated heterocycles.